The Hall–Kier alpha value is -2.82. The zero-order valence-corrected chi connectivity index (χ0v) is 14.8. The van der Waals surface area contributed by atoms with Gasteiger partial charge in [0.1, 0.15) is 11.5 Å². The molecule has 5 nitrogen and oxygen atoms in total. The van der Waals surface area contributed by atoms with Gasteiger partial charge in [-0.2, -0.15) is 0 Å². The summed E-state index contributed by atoms with van der Waals surface area (Å²) >= 11 is 0. The molecule has 5 heteroatoms. The lowest BCUT2D eigenvalue weighted by Crippen LogP contribution is -2.14. The van der Waals surface area contributed by atoms with Gasteiger partial charge in [-0.05, 0) is 60.7 Å². The highest BCUT2D eigenvalue weighted by molar-refractivity contribution is 5.89. The maximum Gasteiger partial charge on any atom is 0.519 e. The average Bonchev–Trinajstić information content (AvgIpc) is 2.69. The van der Waals surface area contributed by atoms with Crippen molar-refractivity contribution in [3.05, 3.63) is 59.7 Å². The smallest absolute Gasteiger partial charge is 0.465 e. The molecule has 136 valence electrons. The zero-order valence-electron chi connectivity index (χ0n) is 14.8. The van der Waals surface area contributed by atoms with Crippen LogP contribution in [0, 0.1) is 0 Å². The summed E-state index contributed by atoms with van der Waals surface area (Å²) in [7, 11) is 1.31. The fourth-order valence-electron chi connectivity index (χ4n) is 3.23. The number of methoxy groups -OCH3 is 1. The summed E-state index contributed by atoms with van der Waals surface area (Å²) in [6, 6.07) is 13.7. The van der Waals surface area contributed by atoms with E-state index in [2.05, 4.69) is 4.74 Å². The van der Waals surface area contributed by atoms with Crippen LogP contribution in [0.3, 0.4) is 0 Å². The van der Waals surface area contributed by atoms with Crippen LogP contribution in [0.5, 0.6) is 11.5 Å². The number of rotatable bonds is 4. The predicted molar refractivity (Wildman–Crippen MR) is 96.7 cm³/mol. The Labute approximate surface area is 152 Å². The standard InChI is InChI=1S/C21H22O5/c1-24-20(22)17-9-13-19(14-10-17)26-21(23)25-18-11-7-16(8-12-18)15-5-3-2-4-6-15/h7-15H,2-6H2,1H3. The number of carbonyl (C=O) groups excluding carboxylic acids is 2. The Balaban J connectivity index is 1.55. The van der Waals surface area contributed by atoms with E-state index in [1.165, 1.54) is 69.0 Å². The van der Waals surface area contributed by atoms with Crippen molar-refractivity contribution in [2.24, 2.45) is 0 Å². The molecule has 0 atom stereocenters. The molecule has 0 saturated heterocycles. The van der Waals surface area contributed by atoms with E-state index in [4.69, 9.17) is 9.47 Å². The predicted octanol–water partition coefficient (Wildman–Crippen LogP) is 5.10. The summed E-state index contributed by atoms with van der Waals surface area (Å²) < 4.78 is 14.9. The SMILES string of the molecule is COC(=O)c1ccc(OC(=O)Oc2ccc(C3CCCCC3)cc2)cc1. The Kier molecular flexibility index (Phi) is 5.89. The highest BCUT2D eigenvalue weighted by Crippen LogP contribution is 2.33. The number of benzene rings is 2. The number of hydrogen-bond acceptors (Lipinski definition) is 5. The van der Waals surface area contributed by atoms with Crippen molar-refractivity contribution in [1.82, 2.24) is 0 Å². The van der Waals surface area contributed by atoms with E-state index in [0.717, 1.165) is 0 Å². The molecule has 1 aliphatic carbocycles. The quantitative estimate of drug-likeness (QED) is 0.565. The Morgan fingerprint density at radius 3 is 1.88 bits per heavy atom. The van der Waals surface area contributed by atoms with Gasteiger partial charge in [-0.3, -0.25) is 0 Å². The molecule has 0 spiro atoms. The number of ether oxygens (including phenoxy) is 3. The van der Waals surface area contributed by atoms with E-state index < -0.39 is 12.1 Å². The molecule has 0 heterocycles. The van der Waals surface area contributed by atoms with Gasteiger partial charge in [-0.25, -0.2) is 9.59 Å². The molecule has 2 aromatic carbocycles. The molecular formula is C21H22O5. The fourth-order valence-corrected chi connectivity index (χ4v) is 3.23. The molecule has 2 aromatic rings. The molecule has 1 aliphatic rings. The van der Waals surface area contributed by atoms with E-state index in [1.54, 1.807) is 12.1 Å². The van der Waals surface area contributed by atoms with Crippen molar-refractivity contribution < 1.29 is 23.8 Å². The number of hydrogen-bond donors (Lipinski definition) is 0. The second-order valence-electron chi connectivity index (χ2n) is 6.37. The van der Waals surface area contributed by atoms with Crippen LogP contribution < -0.4 is 9.47 Å². The Morgan fingerprint density at radius 2 is 1.35 bits per heavy atom. The largest absolute Gasteiger partial charge is 0.519 e. The van der Waals surface area contributed by atoms with Crippen LogP contribution in [0.4, 0.5) is 4.79 Å². The van der Waals surface area contributed by atoms with Crippen molar-refractivity contribution in [3.8, 4) is 11.5 Å². The van der Waals surface area contributed by atoms with E-state index in [9.17, 15) is 9.59 Å². The maximum absolute atomic E-state index is 11.9. The highest BCUT2D eigenvalue weighted by atomic mass is 16.7. The van der Waals surface area contributed by atoms with Gasteiger partial charge in [-0.15, -0.1) is 0 Å². The molecule has 0 amide bonds. The molecule has 0 aliphatic heterocycles. The van der Waals surface area contributed by atoms with Crippen LogP contribution in [0.2, 0.25) is 0 Å². The molecule has 26 heavy (non-hydrogen) atoms. The Morgan fingerprint density at radius 1 is 0.808 bits per heavy atom. The normalized spacial score (nSPS) is 14.5. The lowest BCUT2D eigenvalue weighted by molar-refractivity contribution is 0.0600. The van der Waals surface area contributed by atoms with Crippen LogP contribution in [-0.4, -0.2) is 19.2 Å². The van der Waals surface area contributed by atoms with E-state index in [1.807, 2.05) is 12.1 Å². The molecule has 0 aromatic heterocycles. The van der Waals surface area contributed by atoms with Crippen molar-refractivity contribution in [2.75, 3.05) is 7.11 Å². The zero-order chi connectivity index (χ0) is 18.4. The Bertz CT molecular complexity index is 743. The molecule has 1 fully saturated rings. The van der Waals surface area contributed by atoms with E-state index >= 15 is 0 Å². The third-order valence-corrected chi connectivity index (χ3v) is 4.63. The average molecular weight is 354 g/mol. The first-order valence-electron chi connectivity index (χ1n) is 8.84. The molecule has 0 N–H and O–H groups in total. The minimum Gasteiger partial charge on any atom is -0.465 e. The molecule has 3 rings (SSSR count). The minimum absolute atomic E-state index is 0.293. The van der Waals surface area contributed by atoms with Gasteiger partial charge in [0.15, 0.2) is 0 Å². The van der Waals surface area contributed by atoms with Crippen LogP contribution in [-0.2, 0) is 4.74 Å². The number of esters is 1. The lowest BCUT2D eigenvalue weighted by atomic mass is 9.84. The van der Waals surface area contributed by atoms with Gasteiger partial charge < -0.3 is 14.2 Å². The lowest BCUT2D eigenvalue weighted by Gasteiger charge is -2.21. The molecule has 0 unspecified atom stereocenters. The monoisotopic (exact) mass is 354 g/mol. The minimum atomic E-state index is -0.818. The van der Waals surface area contributed by atoms with Crippen molar-refractivity contribution in [1.29, 1.82) is 0 Å². The van der Waals surface area contributed by atoms with Gasteiger partial charge in [-0.1, -0.05) is 31.4 Å². The first kappa shape index (κ1) is 18.0. The van der Waals surface area contributed by atoms with Gasteiger partial charge >= 0.3 is 12.1 Å². The second kappa shape index (κ2) is 8.52. The van der Waals surface area contributed by atoms with Gasteiger partial charge in [0, 0.05) is 0 Å². The van der Waals surface area contributed by atoms with Crippen molar-refractivity contribution in [2.45, 2.75) is 38.0 Å². The topological polar surface area (TPSA) is 61.8 Å². The first-order valence-corrected chi connectivity index (χ1v) is 8.84. The summed E-state index contributed by atoms with van der Waals surface area (Å²) in [6.07, 6.45) is 5.52. The van der Waals surface area contributed by atoms with Gasteiger partial charge in [0.2, 0.25) is 0 Å². The second-order valence-corrected chi connectivity index (χ2v) is 6.37. The summed E-state index contributed by atoms with van der Waals surface area (Å²) in [5.41, 5.74) is 1.68. The van der Waals surface area contributed by atoms with Gasteiger partial charge in [0.25, 0.3) is 0 Å². The molecular weight excluding hydrogens is 332 g/mol. The van der Waals surface area contributed by atoms with Crippen molar-refractivity contribution >= 4 is 12.1 Å². The van der Waals surface area contributed by atoms with Crippen molar-refractivity contribution in [3.63, 3.8) is 0 Å². The highest BCUT2D eigenvalue weighted by Gasteiger charge is 2.16. The van der Waals surface area contributed by atoms with Gasteiger partial charge in [0.05, 0.1) is 12.7 Å². The molecule has 0 bridgehead atoms. The summed E-state index contributed by atoms with van der Waals surface area (Å²) in [6.45, 7) is 0. The third kappa shape index (κ3) is 4.63. The maximum atomic E-state index is 11.9. The molecule has 1 saturated carbocycles. The van der Waals surface area contributed by atoms with E-state index in [-0.39, 0.29) is 0 Å². The molecule has 0 radical (unpaired) electrons. The fraction of sp³-hybridized carbons (Fsp3) is 0.333. The number of carbonyl (C=O) groups is 2. The third-order valence-electron chi connectivity index (χ3n) is 4.63. The van der Waals surface area contributed by atoms with Crippen LogP contribution in [0.15, 0.2) is 48.5 Å². The summed E-state index contributed by atoms with van der Waals surface area (Å²) in [5, 5.41) is 0. The summed E-state index contributed by atoms with van der Waals surface area (Å²) in [4.78, 5) is 23.3. The van der Waals surface area contributed by atoms with Crippen LogP contribution in [0.1, 0.15) is 53.9 Å². The van der Waals surface area contributed by atoms with E-state index in [0.29, 0.717) is 23.0 Å². The van der Waals surface area contributed by atoms with Crippen LogP contribution >= 0.6 is 0 Å². The van der Waals surface area contributed by atoms with Crippen LogP contribution in [0.25, 0.3) is 0 Å². The first-order chi connectivity index (χ1) is 12.7. The summed E-state index contributed by atoms with van der Waals surface area (Å²) in [5.74, 6) is 0.900.